The van der Waals surface area contributed by atoms with Crippen LogP contribution in [0.15, 0.2) is 40.8 Å². The monoisotopic (exact) mass is 291 g/mol. The Hall–Kier alpha value is -2.74. The van der Waals surface area contributed by atoms with Gasteiger partial charge in [0.25, 0.3) is 11.6 Å². The van der Waals surface area contributed by atoms with Crippen LogP contribution in [0.25, 0.3) is 0 Å². The molecule has 2 rings (SSSR count). The van der Waals surface area contributed by atoms with Gasteiger partial charge in [-0.15, -0.1) is 11.3 Å². The molecule has 0 unspecified atom stereocenters. The van der Waals surface area contributed by atoms with Gasteiger partial charge in [-0.05, 0) is 17.5 Å². The molecule has 1 aromatic heterocycles. The number of non-ortho nitro benzene ring substituents is 1. The first-order valence-corrected chi connectivity index (χ1v) is 6.30. The Morgan fingerprint density at radius 3 is 2.90 bits per heavy atom. The molecule has 0 bridgehead atoms. The molecule has 0 saturated heterocycles. The highest BCUT2D eigenvalue weighted by atomic mass is 32.1. The molecule has 0 aliphatic carbocycles. The second-order valence-corrected chi connectivity index (χ2v) is 4.65. The fraction of sp³-hybridized carbons (Fsp3) is 0. The number of amides is 1. The Balaban J connectivity index is 2.12. The summed E-state index contributed by atoms with van der Waals surface area (Å²) in [6.07, 6.45) is 1.44. The van der Waals surface area contributed by atoms with Crippen molar-refractivity contribution in [2.24, 2.45) is 5.10 Å². The average Bonchev–Trinajstić information content (AvgIpc) is 2.92. The van der Waals surface area contributed by atoms with E-state index in [0.29, 0.717) is 0 Å². The third-order valence-electron chi connectivity index (χ3n) is 2.34. The highest BCUT2D eigenvalue weighted by Crippen LogP contribution is 2.22. The fourth-order valence-electron chi connectivity index (χ4n) is 1.40. The zero-order chi connectivity index (χ0) is 14.5. The molecule has 7 nitrogen and oxygen atoms in total. The average molecular weight is 291 g/mol. The van der Waals surface area contributed by atoms with E-state index in [1.165, 1.54) is 17.6 Å². The first-order valence-electron chi connectivity index (χ1n) is 5.42. The molecule has 0 spiro atoms. The molecule has 20 heavy (non-hydrogen) atoms. The molecule has 2 aromatic rings. The minimum atomic E-state index is -0.723. The van der Waals surface area contributed by atoms with Crippen molar-refractivity contribution in [1.82, 2.24) is 5.43 Å². The predicted molar refractivity (Wildman–Crippen MR) is 74.1 cm³/mol. The second kappa shape index (κ2) is 5.93. The molecule has 0 atom stereocenters. The first kappa shape index (κ1) is 13.7. The Bertz CT molecular complexity index is 667. The van der Waals surface area contributed by atoms with Gasteiger partial charge in [-0.1, -0.05) is 6.07 Å². The molecule has 102 valence electrons. The lowest BCUT2D eigenvalue weighted by atomic mass is 10.1. The van der Waals surface area contributed by atoms with Crippen molar-refractivity contribution in [3.63, 3.8) is 0 Å². The molecular formula is C12H9N3O4S. The minimum absolute atomic E-state index is 0.206. The van der Waals surface area contributed by atoms with Crippen LogP contribution in [0.2, 0.25) is 0 Å². The fourth-order valence-corrected chi connectivity index (χ4v) is 1.98. The van der Waals surface area contributed by atoms with Crippen LogP contribution in [-0.4, -0.2) is 22.2 Å². The van der Waals surface area contributed by atoms with Crippen LogP contribution in [0.3, 0.4) is 0 Å². The van der Waals surface area contributed by atoms with Gasteiger partial charge in [-0.25, -0.2) is 5.43 Å². The number of nitro groups is 1. The maximum absolute atomic E-state index is 11.8. The van der Waals surface area contributed by atoms with E-state index in [9.17, 15) is 20.0 Å². The summed E-state index contributed by atoms with van der Waals surface area (Å²) in [7, 11) is 0. The van der Waals surface area contributed by atoms with E-state index in [0.717, 1.165) is 23.1 Å². The molecule has 8 heteroatoms. The van der Waals surface area contributed by atoms with Crippen LogP contribution in [-0.2, 0) is 0 Å². The van der Waals surface area contributed by atoms with Gasteiger partial charge in [-0.2, -0.15) is 5.10 Å². The van der Waals surface area contributed by atoms with E-state index in [1.807, 2.05) is 17.5 Å². The molecule has 0 aliphatic rings. The molecule has 1 heterocycles. The van der Waals surface area contributed by atoms with E-state index in [2.05, 4.69) is 10.5 Å². The van der Waals surface area contributed by atoms with Crippen molar-refractivity contribution in [3.05, 3.63) is 56.3 Å². The van der Waals surface area contributed by atoms with Crippen molar-refractivity contribution in [3.8, 4) is 5.75 Å². The zero-order valence-electron chi connectivity index (χ0n) is 10.0. The number of hydrogen-bond acceptors (Lipinski definition) is 6. The van der Waals surface area contributed by atoms with Crippen LogP contribution < -0.4 is 5.43 Å². The third kappa shape index (κ3) is 3.18. The van der Waals surface area contributed by atoms with Crippen LogP contribution in [0.1, 0.15) is 15.2 Å². The van der Waals surface area contributed by atoms with Crippen LogP contribution in [0.4, 0.5) is 5.69 Å². The molecule has 1 amide bonds. The Labute approximate surface area is 117 Å². The van der Waals surface area contributed by atoms with Gasteiger partial charge in [-0.3, -0.25) is 14.9 Å². The molecule has 0 aliphatic heterocycles. The van der Waals surface area contributed by atoms with Gasteiger partial charge in [0.1, 0.15) is 5.75 Å². The van der Waals surface area contributed by atoms with E-state index >= 15 is 0 Å². The number of carbonyl (C=O) groups is 1. The maximum atomic E-state index is 11.8. The SMILES string of the molecule is O=C(N/N=C\c1cccs1)c1cc([N+](=O)[O-])ccc1O. The number of rotatable bonds is 4. The Kier molecular flexibility index (Phi) is 4.06. The Morgan fingerprint density at radius 1 is 1.45 bits per heavy atom. The third-order valence-corrected chi connectivity index (χ3v) is 3.14. The van der Waals surface area contributed by atoms with Crippen LogP contribution in [0, 0.1) is 10.1 Å². The summed E-state index contributed by atoms with van der Waals surface area (Å²) < 4.78 is 0. The summed E-state index contributed by atoms with van der Waals surface area (Å²) in [6.45, 7) is 0. The van der Waals surface area contributed by atoms with Gasteiger partial charge in [0.2, 0.25) is 0 Å². The molecule has 0 fully saturated rings. The number of nitro benzene ring substituents is 1. The number of nitrogens with one attached hydrogen (secondary N) is 1. The topological polar surface area (TPSA) is 105 Å². The number of aromatic hydroxyl groups is 1. The lowest BCUT2D eigenvalue weighted by molar-refractivity contribution is -0.384. The molecule has 1 aromatic carbocycles. The van der Waals surface area contributed by atoms with Gasteiger partial charge < -0.3 is 5.11 Å². The van der Waals surface area contributed by atoms with E-state index in [-0.39, 0.29) is 17.0 Å². The highest BCUT2D eigenvalue weighted by molar-refractivity contribution is 7.11. The van der Waals surface area contributed by atoms with Gasteiger partial charge in [0, 0.05) is 17.0 Å². The number of hydrazone groups is 1. The van der Waals surface area contributed by atoms with Crippen molar-refractivity contribution in [2.45, 2.75) is 0 Å². The lowest BCUT2D eigenvalue weighted by Crippen LogP contribution is -2.17. The number of nitrogens with zero attached hydrogens (tertiary/aromatic N) is 2. The second-order valence-electron chi connectivity index (χ2n) is 3.67. The normalized spacial score (nSPS) is 10.6. The standard InChI is InChI=1S/C12H9N3O4S/c16-11-4-3-8(15(18)19)6-10(11)12(17)14-13-7-9-2-1-5-20-9/h1-7,16H,(H,14,17)/b13-7-. The summed E-state index contributed by atoms with van der Waals surface area (Å²) in [5.74, 6) is -1.07. The number of thiophene rings is 1. The summed E-state index contributed by atoms with van der Waals surface area (Å²) in [4.78, 5) is 22.6. The molecule has 0 radical (unpaired) electrons. The summed E-state index contributed by atoms with van der Waals surface area (Å²) in [5.41, 5.74) is 1.71. The molecule has 2 N–H and O–H groups in total. The smallest absolute Gasteiger partial charge is 0.275 e. The predicted octanol–water partition coefficient (Wildman–Crippen LogP) is 2.13. The summed E-state index contributed by atoms with van der Waals surface area (Å²) in [5, 5.41) is 25.7. The molecular weight excluding hydrogens is 282 g/mol. The zero-order valence-corrected chi connectivity index (χ0v) is 10.8. The van der Waals surface area contributed by atoms with E-state index in [1.54, 1.807) is 0 Å². The van der Waals surface area contributed by atoms with Gasteiger partial charge in [0.05, 0.1) is 16.7 Å². The number of phenolic OH excluding ortho intramolecular Hbond substituents is 1. The van der Waals surface area contributed by atoms with Crippen LogP contribution >= 0.6 is 11.3 Å². The van der Waals surface area contributed by atoms with Crippen molar-refractivity contribution in [1.29, 1.82) is 0 Å². The van der Waals surface area contributed by atoms with Gasteiger partial charge in [0.15, 0.2) is 0 Å². The van der Waals surface area contributed by atoms with Crippen molar-refractivity contribution >= 4 is 29.1 Å². The maximum Gasteiger partial charge on any atom is 0.275 e. The number of carbonyl (C=O) groups excluding carboxylic acids is 1. The van der Waals surface area contributed by atoms with Crippen LogP contribution in [0.5, 0.6) is 5.75 Å². The largest absolute Gasteiger partial charge is 0.507 e. The first-order chi connectivity index (χ1) is 9.58. The van der Waals surface area contributed by atoms with E-state index in [4.69, 9.17) is 0 Å². The number of benzene rings is 1. The van der Waals surface area contributed by atoms with Crippen molar-refractivity contribution < 1.29 is 14.8 Å². The highest BCUT2D eigenvalue weighted by Gasteiger charge is 2.15. The number of hydrogen-bond donors (Lipinski definition) is 2. The quantitative estimate of drug-likeness (QED) is 0.511. The molecule has 0 saturated carbocycles. The van der Waals surface area contributed by atoms with Gasteiger partial charge >= 0.3 is 0 Å². The summed E-state index contributed by atoms with van der Waals surface area (Å²) in [6, 6.07) is 6.84. The van der Waals surface area contributed by atoms with Crippen molar-refractivity contribution in [2.75, 3.05) is 0 Å². The Morgan fingerprint density at radius 2 is 2.25 bits per heavy atom. The lowest BCUT2D eigenvalue weighted by Gasteiger charge is -2.02. The summed E-state index contributed by atoms with van der Waals surface area (Å²) >= 11 is 1.44. The van der Waals surface area contributed by atoms with E-state index < -0.39 is 10.8 Å². The number of phenols is 1. The minimum Gasteiger partial charge on any atom is -0.507 e.